The van der Waals surface area contributed by atoms with Crippen LogP contribution in [0.25, 0.3) is 11.1 Å². The van der Waals surface area contributed by atoms with Crippen LogP contribution in [0.1, 0.15) is 23.6 Å². The van der Waals surface area contributed by atoms with Crippen LogP contribution in [0.2, 0.25) is 0 Å². The largest absolute Gasteiger partial charge is 0.490 e. The van der Waals surface area contributed by atoms with Gasteiger partial charge in [0.15, 0.2) is 0 Å². The molecule has 2 heterocycles. The van der Waals surface area contributed by atoms with Crippen LogP contribution >= 0.6 is 0 Å². The normalized spacial score (nSPS) is 12.9. The van der Waals surface area contributed by atoms with Gasteiger partial charge in [0.05, 0.1) is 6.54 Å². The molecule has 0 spiro atoms. The summed E-state index contributed by atoms with van der Waals surface area (Å²) in [5.74, 6) is -2.67. The second kappa shape index (κ2) is 9.64. The zero-order valence-corrected chi connectivity index (χ0v) is 17.3. The summed E-state index contributed by atoms with van der Waals surface area (Å²) < 4.78 is 31.7. The highest BCUT2D eigenvalue weighted by molar-refractivity contribution is 5.92. The zero-order chi connectivity index (χ0) is 23.3. The Balaban J connectivity index is 0.000000360. The molecule has 1 N–H and O–H groups in total. The average molecular weight is 442 g/mol. The molecule has 0 aliphatic carbocycles. The minimum absolute atomic E-state index is 0.0820. The zero-order valence-electron chi connectivity index (χ0n) is 17.3. The number of nitrogens with zero attached hydrogens (tertiary/aromatic N) is 2. The summed E-state index contributed by atoms with van der Waals surface area (Å²) in [5, 5.41) is 7.12. The van der Waals surface area contributed by atoms with Crippen LogP contribution in [0.15, 0.2) is 67.0 Å². The van der Waals surface area contributed by atoms with Crippen LogP contribution in [0.5, 0.6) is 0 Å². The lowest BCUT2D eigenvalue weighted by atomic mass is 9.92. The van der Waals surface area contributed by atoms with E-state index in [1.54, 1.807) is 6.92 Å². The number of carboxylic acids is 1. The van der Waals surface area contributed by atoms with Crippen molar-refractivity contribution in [2.75, 3.05) is 4.90 Å². The van der Waals surface area contributed by atoms with Gasteiger partial charge >= 0.3 is 12.1 Å². The van der Waals surface area contributed by atoms with E-state index in [0.29, 0.717) is 6.54 Å². The number of halogens is 3. The van der Waals surface area contributed by atoms with E-state index in [9.17, 15) is 18.0 Å². The summed E-state index contributed by atoms with van der Waals surface area (Å²) in [6, 6.07) is 18.8. The van der Waals surface area contributed by atoms with Crippen molar-refractivity contribution in [1.82, 2.24) is 4.98 Å². The number of aryl methyl sites for hydroxylation is 2. The number of alkyl halides is 3. The lowest BCUT2D eigenvalue weighted by Gasteiger charge is -2.28. The lowest BCUT2D eigenvalue weighted by molar-refractivity contribution is -0.192. The second-order valence-corrected chi connectivity index (χ2v) is 7.26. The second-order valence-electron chi connectivity index (χ2n) is 7.26. The van der Waals surface area contributed by atoms with Crippen molar-refractivity contribution in [2.24, 2.45) is 0 Å². The highest BCUT2D eigenvalue weighted by Crippen LogP contribution is 2.30. The Hall–Kier alpha value is -3.68. The van der Waals surface area contributed by atoms with Gasteiger partial charge in [-0.1, -0.05) is 36.4 Å². The molecule has 166 valence electrons. The van der Waals surface area contributed by atoms with E-state index < -0.39 is 12.1 Å². The molecule has 0 saturated carbocycles. The summed E-state index contributed by atoms with van der Waals surface area (Å²) in [4.78, 5) is 27.1. The fraction of sp³-hybridized carbons (Fsp3) is 0.208. The predicted molar refractivity (Wildman–Crippen MR) is 114 cm³/mol. The number of hydrogen-bond donors (Lipinski definition) is 1. The van der Waals surface area contributed by atoms with Gasteiger partial charge in [-0.25, -0.2) is 4.79 Å². The van der Waals surface area contributed by atoms with Crippen molar-refractivity contribution in [1.29, 1.82) is 0 Å². The van der Waals surface area contributed by atoms with Gasteiger partial charge in [-0.15, -0.1) is 0 Å². The maximum Gasteiger partial charge on any atom is 0.490 e. The van der Waals surface area contributed by atoms with Gasteiger partial charge in [-0.3, -0.25) is 9.78 Å². The molecular weight excluding hydrogens is 421 g/mol. The van der Waals surface area contributed by atoms with E-state index in [1.807, 2.05) is 47.6 Å². The van der Waals surface area contributed by atoms with Crippen LogP contribution in [0.4, 0.5) is 18.9 Å². The number of para-hydroxylation sites is 1. The monoisotopic (exact) mass is 442 g/mol. The van der Waals surface area contributed by atoms with Crippen LogP contribution in [-0.4, -0.2) is 28.1 Å². The number of benzene rings is 2. The first-order valence-electron chi connectivity index (χ1n) is 9.85. The van der Waals surface area contributed by atoms with E-state index >= 15 is 0 Å². The number of hydrogen-bond acceptors (Lipinski definition) is 3. The van der Waals surface area contributed by atoms with Crippen LogP contribution in [0.3, 0.4) is 0 Å². The van der Waals surface area contributed by atoms with Crippen molar-refractivity contribution in [3.05, 3.63) is 83.7 Å². The molecule has 0 unspecified atom stereocenters. The summed E-state index contributed by atoms with van der Waals surface area (Å²) in [7, 11) is 0. The van der Waals surface area contributed by atoms with Crippen molar-refractivity contribution in [3.8, 4) is 11.1 Å². The first-order chi connectivity index (χ1) is 15.2. The Morgan fingerprint density at radius 3 is 2.16 bits per heavy atom. The summed E-state index contributed by atoms with van der Waals surface area (Å²) in [6.45, 7) is 2.27. The molecule has 1 aliphatic rings. The molecule has 0 fully saturated rings. The Kier molecular flexibility index (Phi) is 6.92. The van der Waals surface area contributed by atoms with Crippen molar-refractivity contribution in [2.45, 2.75) is 32.5 Å². The highest BCUT2D eigenvalue weighted by Gasteiger charge is 2.38. The first kappa shape index (κ1) is 23.0. The number of aromatic nitrogens is 1. The minimum atomic E-state index is -5.08. The molecule has 0 radical (unpaired) electrons. The fourth-order valence-electron chi connectivity index (χ4n) is 3.53. The Morgan fingerprint density at radius 2 is 1.53 bits per heavy atom. The number of anilines is 1. The van der Waals surface area contributed by atoms with Crippen molar-refractivity contribution in [3.63, 3.8) is 0 Å². The summed E-state index contributed by atoms with van der Waals surface area (Å²) in [5.41, 5.74) is 7.18. The highest BCUT2D eigenvalue weighted by atomic mass is 19.4. The van der Waals surface area contributed by atoms with E-state index in [1.165, 1.54) is 27.8 Å². The van der Waals surface area contributed by atoms with Gasteiger partial charge in [-0.2, -0.15) is 13.2 Å². The standard InChI is InChI=1S/C22H20N2O.C2HF3O2/c1-16(25)24-15-21-9-8-19(17-10-12-23-13-11-17)14-20(21)7-6-18-4-2-3-5-22(18)24;3-2(4,5)1(6)7/h2-5,8-14H,6-7,15H2,1H3;(H,6,7). The maximum atomic E-state index is 12.2. The number of rotatable bonds is 1. The van der Waals surface area contributed by atoms with E-state index in [-0.39, 0.29) is 5.91 Å². The number of carbonyl (C=O) groups excluding carboxylic acids is 1. The van der Waals surface area contributed by atoms with E-state index in [4.69, 9.17) is 9.90 Å². The molecule has 4 rings (SSSR count). The van der Waals surface area contributed by atoms with Gasteiger partial charge < -0.3 is 10.0 Å². The Labute approximate surface area is 183 Å². The molecule has 0 atom stereocenters. The fourth-order valence-corrected chi connectivity index (χ4v) is 3.53. The SMILES string of the molecule is CC(=O)N1Cc2ccc(-c3ccncc3)cc2CCc2ccccc21.O=C(O)C(F)(F)F. The quantitative estimate of drug-likeness (QED) is 0.574. The van der Waals surface area contributed by atoms with Gasteiger partial charge in [0.2, 0.25) is 5.91 Å². The molecule has 1 amide bonds. The van der Waals surface area contributed by atoms with Crippen LogP contribution < -0.4 is 4.90 Å². The predicted octanol–water partition coefficient (Wildman–Crippen LogP) is 5.03. The molecule has 0 bridgehead atoms. The van der Waals surface area contributed by atoms with E-state index in [0.717, 1.165) is 18.5 Å². The van der Waals surface area contributed by atoms with E-state index in [2.05, 4.69) is 29.2 Å². The number of pyridine rings is 1. The third-order valence-corrected chi connectivity index (χ3v) is 5.12. The summed E-state index contributed by atoms with van der Waals surface area (Å²) in [6.07, 6.45) is 0.476. The average Bonchev–Trinajstić information content (AvgIpc) is 2.75. The Morgan fingerprint density at radius 1 is 0.906 bits per heavy atom. The number of carboxylic acid groups (broad SMARTS) is 1. The van der Waals surface area contributed by atoms with Crippen LogP contribution in [-0.2, 0) is 29.0 Å². The molecule has 8 heteroatoms. The summed E-state index contributed by atoms with van der Waals surface area (Å²) >= 11 is 0. The number of carbonyl (C=O) groups is 2. The smallest absolute Gasteiger partial charge is 0.475 e. The number of aliphatic carboxylic acids is 1. The molecule has 0 saturated heterocycles. The number of amides is 1. The van der Waals surface area contributed by atoms with Crippen molar-refractivity contribution < 1.29 is 27.9 Å². The van der Waals surface area contributed by atoms with Crippen molar-refractivity contribution >= 4 is 17.6 Å². The number of fused-ring (bicyclic) bond motifs is 2. The molecule has 1 aromatic heterocycles. The molecule has 32 heavy (non-hydrogen) atoms. The van der Waals surface area contributed by atoms with Gasteiger partial charge in [0, 0.05) is 25.0 Å². The third kappa shape index (κ3) is 5.51. The maximum absolute atomic E-state index is 12.2. The topological polar surface area (TPSA) is 70.5 Å². The van der Waals surface area contributed by atoms with Gasteiger partial charge in [-0.05, 0) is 58.9 Å². The first-order valence-corrected chi connectivity index (χ1v) is 9.85. The van der Waals surface area contributed by atoms with Gasteiger partial charge in [0.25, 0.3) is 0 Å². The third-order valence-electron chi connectivity index (χ3n) is 5.12. The van der Waals surface area contributed by atoms with Crippen LogP contribution in [0, 0.1) is 0 Å². The van der Waals surface area contributed by atoms with Gasteiger partial charge in [0.1, 0.15) is 0 Å². The molecule has 1 aliphatic heterocycles. The molecule has 3 aromatic rings. The molecular formula is C24H21F3N2O3. The lowest BCUT2D eigenvalue weighted by Crippen LogP contribution is -2.30. The molecule has 2 aromatic carbocycles. The Bertz CT molecular complexity index is 1110. The minimum Gasteiger partial charge on any atom is -0.475 e. The molecule has 5 nitrogen and oxygen atoms in total.